The summed E-state index contributed by atoms with van der Waals surface area (Å²) in [4.78, 5) is 35.4. The van der Waals surface area contributed by atoms with Crippen molar-refractivity contribution in [3.8, 4) is 5.75 Å². The second kappa shape index (κ2) is 8.16. The molecule has 1 N–H and O–H groups in total. The molecular formula is C23H19N3O4. The zero-order valence-corrected chi connectivity index (χ0v) is 16.2. The van der Waals surface area contributed by atoms with E-state index in [-0.39, 0.29) is 17.3 Å². The minimum absolute atomic E-state index is 0.0113. The number of amides is 1. The highest BCUT2D eigenvalue weighted by Crippen LogP contribution is 2.40. The Kier molecular flexibility index (Phi) is 5.26. The quantitative estimate of drug-likeness (QED) is 0.400. The number of rotatable bonds is 5. The summed E-state index contributed by atoms with van der Waals surface area (Å²) < 4.78 is 5.43. The van der Waals surface area contributed by atoms with Crippen molar-refractivity contribution in [2.45, 2.75) is 13.0 Å². The highest BCUT2D eigenvalue weighted by molar-refractivity contribution is 6.51. The normalized spacial score (nSPS) is 17.9. The van der Waals surface area contributed by atoms with E-state index in [9.17, 15) is 14.7 Å². The van der Waals surface area contributed by atoms with Crippen LogP contribution in [0.2, 0.25) is 0 Å². The van der Waals surface area contributed by atoms with Gasteiger partial charge in [0.05, 0.1) is 18.2 Å². The molecule has 0 aliphatic carbocycles. The molecule has 1 atom stereocenters. The Morgan fingerprint density at radius 2 is 1.67 bits per heavy atom. The second-order valence-electron chi connectivity index (χ2n) is 6.59. The molecule has 2 aromatic carbocycles. The lowest BCUT2D eigenvalue weighted by atomic mass is 9.95. The highest BCUT2D eigenvalue weighted by Gasteiger charge is 2.48. The summed E-state index contributed by atoms with van der Waals surface area (Å²) in [6, 6.07) is 16.5. The molecule has 150 valence electrons. The summed E-state index contributed by atoms with van der Waals surface area (Å²) in [5.41, 5.74) is 1.06. The van der Waals surface area contributed by atoms with Gasteiger partial charge in [-0.05, 0) is 42.8 Å². The molecule has 1 unspecified atom stereocenters. The average molecular weight is 401 g/mol. The number of aliphatic hydroxyl groups excluding tert-OH is 1. The lowest BCUT2D eigenvalue weighted by Gasteiger charge is -2.23. The van der Waals surface area contributed by atoms with Crippen LogP contribution in [0.1, 0.15) is 24.1 Å². The Hall–Kier alpha value is -4.00. The topological polar surface area (TPSA) is 92.6 Å². The Morgan fingerprint density at radius 1 is 1.00 bits per heavy atom. The molecule has 4 rings (SSSR count). The summed E-state index contributed by atoms with van der Waals surface area (Å²) in [7, 11) is 0. The SMILES string of the molecule is CCOc1ccc(C(O)=C2C(=O)C(=O)N(c3ncccn3)C2c2ccccc2)cc1. The van der Waals surface area contributed by atoms with E-state index in [2.05, 4.69) is 9.97 Å². The van der Waals surface area contributed by atoms with Crippen LogP contribution in [0, 0.1) is 0 Å². The monoisotopic (exact) mass is 401 g/mol. The molecule has 1 aliphatic heterocycles. The predicted molar refractivity (Wildman–Crippen MR) is 111 cm³/mol. The van der Waals surface area contributed by atoms with Gasteiger partial charge in [0.2, 0.25) is 5.95 Å². The van der Waals surface area contributed by atoms with Gasteiger partial charge < -0.3 is 9.84 Å². The Bertz CT molecular complexity index is 1100. The third-order valence-corrected chi connectivity index (χ3v) is 4.77. The molecule has 30 heavy (non-hydrogen) atoms. The maximum absolute atomic E-state index is 13.0. The van der Waals surface area contributed by atoms with E-state index < -0.39 is 17.7 Å². The molecule has 0 saturated carbocycles. The Balaban J connectivity index is 1.87. The van der Waals surface area contributed by atoms with Crippen LogP contribution in [0.4, 0.5) is 5.95 Å². The summed E-state index contributed by atoms with van der Waals surface area (Å²) in [5.74, 6) is -1.10. The summed E-state index contributed by atoms with van der Waals surface area (Å²) >= 11 is 0. The van der Waals surface area contributed by atoms with E-state index in [1.807, 2.05) is 13.0 Å². The third-order valence-electron chi connectivity index (χ3n) is 4.77. The van der Waals surface area contributed by atoms with Crippen LogP contribution in [0.3, 0.4) is 0 Å². The summed E-state index contributed by atoms with van der Waals surface area (Å²) in [6.45, 7) is 2.39. The number of ketones is 1. The molecule has 0 radical (unpaired) electrons. The van der Waals surface area contributed by atoms with Crippen LogP contribution in [-0.2, 0) is 9.59 Å². The number of benzene rings is 2. The first-order valence-corrected chi connectivity index (χ1v) is 9.48. The van der Waals surface area contributed by atoms with Gasteiger partial charge in [-0.1, -0.05) is 30.3 Å². The van der Waals surface area contributed by atoms with Gasteiger partial charge in [-0.2, -0.15) is 0 Å². The van der Waals surface area contributed by atoms with Gasteiger partial charge in [-0.3, -0.25) is 14.5 Å². The molecule has 1 aliphatic rings. The van der Waals surface area contributed by atoms with Crippen LogP contribution < -0.4 is 9.64 Å². The summed E-state index contributed by atoms with van der Waals surface area (Å²) in [6.07, 6.45) is 2.99. The molecular weight excluding hydrogens is 382 g/mol. The van der Waals surface area contributed by atoms with E-state index in [1.165, 1.54) is 17.3 Å². The second-order valence-corrected chi connectivity index (χ2v) is 6.59. The molecule has 0 bridgehead atoms. The third kappa shape index (κ3) is 3.41. The number of Topliss-reactive ketones (excluding diaryl/α,β-unsaturated/α-hetero) is 1. The number of ether oxygens (including phenoxy) is 1. The molecule has 7 heteroatoms. The number of aliphatic hydroxyl groups is 1. The highest BCUT2D eigenvalue weighted by atomic mass is 16.5. The van der Waals surface area contributed by atoms with Gasteiger partial charge >= 0.3 is 5.91 Å². The largest absolute Gasteiger partial charge is 0.507 e. The van der Waals surface area contributed by atoms with E-state index in [1.54, 1.807) is 54.6 Å². The fraction of sp³-hybridized carbons (Fsp3) is 0.130. The molecule has 1 aromatic heterocycles. The van der Waals surface area contributed by atoms with Gasteiger partial charge in [-0.15, -0.1) is 0 Å². The standard InChI is InChI=1S/C23H19N3O4/c1-2-30-17-11-9-16(10-12-17)20(27)18-19(15-7-4-3-5-8-15)26(22(29)21(18)28)23-24-13-6-14-25-23/h3-14,19,27H,2H2,1H3. The van der Waals surface area contributed by atoms with Gasteiger partial charge in [-0.25, -0.2) is 9.97 Å². The number of aromatic nitrogens is 2. The zero-order valence-electron chi connectivity index (χ0n) is 16.2. The maximum atomic E-state index is 13.0. The molecule has 3 aromatic rings. The van der Waals surface area contributed by atoms with E-state index in [0.717, 1.165) is 0 Å². The van der Waals surface area contributed by atoms with Crippen molar-refractivity contribution in [3.05, 3.63) is 89.8 Å². The molecule has 0 spiro atoms. The van der Waals surface area contributed by atoms with Crippen molar-refractivity contribution in [2.75, 3.05) is 11.5 Å². The summed E-state index contributed by atoms with van der Waals surface area (Å²) in [5, 5.41) is 11.0. The number of anilines is 1. The average Bonchev–Trinajstić information content (AvgIpc) is 3.06. The van der Waals surface area contributed by atoms with Crippen molar-refractivity contribution in [3.63, 3.8) is 0 Å². The van der Waals surface area contributed by atoms with Crippen molar-refractivity contribution in [1.82, 2.24) is 9.97 Å². The van der Waals surface area contributed by atoms with Crippen LogP contribution in [-0.4, -0.2) is 33.4 Å². The first kappa shape index (κ1) is 19.3. The van der Waals surface area contributed by atoms with Crippen LogP contribution in [0.15, 0.2) is 78.6 Å². The first-order chi connectivity index (χ1) is 14.6. The van der Waals surface area contributed by atoms with Crippen molar-refractivity contribution in [1.29, 1.82) is 0 Å². The minimum Gasteiger partial charge on any atom is -0.507 e. The van der Waals surface area contributed by atoms with Crippen molar-refractivity contribution >= 4 is 23.4 Å². The zero-order chi connectivity index (χ0) is 21.1. The molecule has 1 saturated heterocycles. The number of hydrogen-bond acceptors (Lipinski definition) is 6. The number of hydrogen-bond donors (Lipinski definition) is 1. The predicted octanol–water partition coefficient (Wildman–Crippen LogP) is 3.50. The van der Waals surface area contributed by atoms with Crippen LogP contribution in [0.25, 0.3) is 5.76 Å². The smallest absolute Gasteiger partial charge is 0.302 e. The van der Waals surface area contributed by atoms with Crippen LogP contribution in [0.5, 0.6) is 5.75 Å². The Labute approximate surface area is 173 Å². The van der Waals surface area contributed by atoms with Crippen molar-refractivity contribution in [2.24, 2.45) is 0 Å². The van der Waals surface area contributed by atoms with E-state index in [0.29, 0.717) is 23.5 Å². The molecule has 7 nitrogen and oxygen atoms in total. The Morgan fingerprint density at radius 3 is 2.30 bits per heavy atom. The first-order valence-electron chi connectivity index (χ1n) is 9.48. The fourth-order valence-electron chi connectivity index (χ4n) is 3.44. The van der Waals surface area contributed by atoms with Gasteiger partial charge in [0.15, 0.2) is 0 Å². The van der Waals surface area contributed by atoms with Gasteiger partial charge in [0.1, 0.15) is 11.5 Å². The fourth-order valence-corrected chi connectivity index (χ4v) is 3.44. The molecule has 1 fully saturated rings. The van der Waals surface area contributed by atoms with Crippen LogP contribution >= 0.6 is 0 Å². The van der Waals surface area contributed by atoms with E-state index in [4.69, 9.17) is 4.74 Å². The minimum atomic E-state index is -0.847. The number of carbonyl (C=O) groups is 2. The molecule has 1 amide bonds. The lowest BCUT2D eigenvalue weighted by molar-refractivity contribution is -0.132. The number of nitrogens with zero attached hydrogens (tertiary/aromatic N) is 3. The lowest BCUT2D eigenvalue weighted by Crippen LogP contribution is -2.31. The number of carbonyl (C=O) groups excluding carboxylic acids is 2. The maximum Gasteiger partial charge on any atom is 0.302 e. The van der Waals surface area contributed by atoms with Gasteiger partial charge in [0.25, 0.3) is 5.78 Å². The van der Waals surface area contributed by atoms with E-state index >= 15 is 0 Å². The van der Waals surface area contributed by atoms with Crippen molar-refractivity contribution < 1.29 is 19.4 Å². The van der Waals surface area contributed by atoms with Gasteiger partial charge in [0, 0.05) is 18.0 Å². The molecule has 2 heterocycles.